The van der Waals surface area contributed by atoms with E-state index in [1.165, 1.54) is 48.4 Å². The normalized spacial score (nSPS) is 14.9. The van der Waals surface area contributed by atoms with Crippen LogP contribution in [0.5, 0.6) is 0 Å². The Balaban J connectivity index is 1.33. The van der Waals surface area contributed by atoms with Crippen LogP contribution in [0.15, 0.2) is 60.7 Å². The molecule has 3 heterocycles. The average molecular weight is 478 g/mol. The smallest absolute Gasteiger partial charge is 0.261 e. The number of nitrogens with zero attached hydrogens (tertiary/aromatic N) is 2. The first-order valence-electron chi connectivity index (χ1n) is 11.2. The molecule has 1 saturated heterocycles. The van der Waals surface area contributed by atoms with Crippen molar-refractivity contribution in [2.75, 3.05) is 25.0 Å². The Morgan fingerprint density at radius 1 is 1.06 bits per heavy atom. The molecule has 2 aromatic heterocycles. The second-order valence-electron chi connectivity index (χ2n) is 8.33. The molecule has 34 heavy (non-hydrogen) atoms. The predicted molar refractivity (Wildman–Crippen MR) is 131 cm³/mol. The lowest BCUT2D eigenvalue weighted by atomic mass is 10.1. The third kappa shape index (κ3) is 4.85. The van der Waals surface area contributed by atoms with Crippen molar-refractivity contribution in [2.45, 2.75) is 18.9 Å². The molecule has 0 bridgehead atoms. The molecular formula is C25H24FN5O2S. The van der Waals surface area contributed by atoms with E-state index < -0.39 is 11.7 Å². The molecule has 1 atom stereocenters. The molecular weight excluding hydrogens is 453 g/mol. The number of amides is 2. The summed E-state index contributed by atoms with van der Waals surface area (Å²) in [6, 6.07) is 16.9. The molecule has 0 saturated carbocycles. The molecule has 5 rings (SSSR count). The monoisotopic (exact) mass is 477 g/mol. The van der Waals surface area contributed by atoms with Crippen LogP contribution in [-0.2, 0) is 0 Å². The van der Waals surface area contributed by atoms with Gasteiger partial charge in [0.2, 0.25) is 0 Å². The number of carbonyl (C=O) groups is 2. The number of rotatable bonds is 7. The quantitative estimate of drug-likeness (QED) is 0.363. The van der Waals surface area contributed by atoms with E-state index in [9.17, 15) is 14.0 Å². The molecule has 0 spiro atoms. The summed E-state index contributed by atoms with van der Waals surface area (Å²) >= 11 is 1.29. The van der Waals surface area contributed by atoms with Gasteiger partial charge in [0, 0.05) is 12.1 Å². The Hall–Kier alpha value is -3.56. The Morgan fingerprint density at radius 2 is 1.79 bits per heavy atom. The summed E-state index contributed by atoms with van der Waals surface area (Å²) < 4.78 is 13.1. The first-order chi connectivity index (χ1) is 16.6. The molecule has 9 heteroatoms. The number of aromatic amines is 1. The zero-order valence-corrected chi connectivity index (χ0v) is 19.2. The minimum Gasteiger partial charge on any atom is -0.343 e. The average Bonchev–Trinajstić information content (AvgIpc) is 3.59. The van der Waals surface area contributed by atoms with Crippen molar-refractivity contribution in [3.63, 3.8) is 0 Å². The van der Waals surface area contributed by atoms with Gasteiger partial charge in [-0.05, 0) is 61.8 Å². The maximum Gasteiger partial charge on any atom is 0.261 e. The van der Waals surface area contributed by atoms with Crippen LogP contribution in [-0.4, -0.2) is 46.5 Å². The first kappa shape index (κ1) is 22.2. The number of thiophene rings is 1. The van der Waals surface area contributed by atoms with E-state index in [0.29, 0.717) is 26.5 Å². The summed E-state index contributed by atoms with van der Waals surface area (Å²) in [5.74, 6) is -0.652. The fourth-order valence-corrected chi connectivity index (χ4v) is 5.08. The number of halogens is 1. The Kier molecular flexibility index (Phi) is 6.37. The van der Waals surface area contributed by atoms with Gasteiger partial charge in [-0.25, -0.2) is 4.39 Å². The van der Waals surface area contributed by atoms with Crippen molar-refractivity contribution in [1.29, 1.82) is 0 Å². The molecule has 0 radical (unpaired) electrons. The molecule has 1 aliphatic rings. The molecule has 4 aromatic rings. The van der Waals surface area contributed by atoms with Gasteiger partial charge in [0.05, 0.1) is 16.3 Å². The fourth-order valence-electron chi connectivity index (χ4n) is 4.18. The van der Waals surface area contributed by atoms with E-state index in [4.69, 9.17) is 0 Å². The largest absolute Gasteiger partial charge is 0.343 e. The van der Waals surface area contributed by atoms with Gasteiger partial charge in [-0.3, -0.25) is 14.7 Å². The van der Waals surface area contributed by atoms with Gasteiger partial charge in [0.15, 0.2) is 5.82 Å². The van der Waals surface area contributed by atoms with Crippen LogP contribution in [0.3, 0.4) is 0 Å². The van der Waals surface area contributed by atoms with E-state index in [2.05, 4.69) is 25.7 Å². The number of carbonyl (C=O) groups excluding carboxylic acids is 2. The number of H-pyrrole nitrogens is 1. The number of fused-ring (bicyclic) bond motifs is 1. The number of likely N-dealkylation sites (tertiary alicyclic amines) is 1. The van der Waals surface area contributed by atoms with Gasteiger partial charge in [-0.1, -0.05) is 30.3 Å². The van der Waals surface area contributed by atoms with Crippen LogP contribution in [0.1, 0.15) is 44.5 Å². The van der Waals surface area contributed by atoms with Gasteiger partial charge in [0.1, 0.15) is 10.6 Å². The highest BCUT2D eigenvalue weighted by molar-refractivity contribution is 7.20. The second-order valence-corrected chi connectivity index (χ2v) is 9.38. The van der Waals surface area contributed by atoms with E-state index >= 15 is 0 Å². The summed E-state index contributed by atoms with van der Waals surface area (Å²) in [6.45, 7) is 2.85. The number of nitrogens with one attached hydrogen (secondary N) is 3. The highest BCUT2D eigenvalue weighted by Gasteiger charge is 2.23. The minimum absolute atomic E-state index is 0.122. The fraction of sp³-hybridized carbons (Fsp3) is 0.240. The maximum absolute atomic E-state index is 13.2. The SMILES string of the molecule is O=C(Nc1n[nH]c2sc(C(=O)N[C@H](CN3CCCC3)c3ccccc3)cc12)c1ccc(F)cc1. The summed E-state index contributed by atoms with van der Waals surface area (Å²) in [5, 5.41) is 13.6. The van der Waals surface area contributed by atoms with Crippen LogP contribution in [0, 0.1) is 5.82 Å². The molecule has 3 N–H and O–H groups in total. The second kappa shape index (κ2) is 9.74. The Morgan fingerprint density at radius 3 is 2.53 bits per heavy atom. The van der Waals surface area contributed by atoms with Crippen LogP contribution in [0.25, 0.3) is 10.2 Å². The van der Waals surface area contributed by atoms with E-state index in [0.717, 1.165) is 25.2 Å². The molecule has 7 nitrogen and oxygen atoms in total. The minimum atomic E-state index is -0.411. The van der Waals surface area contributed by atoms with Gasteiger partial charge in [-0.2, -0.15) is 5.10 Å². The van der Waals surface area contributed by atoms with Crippen molar-refractivity contribution in [2.24, 2.45) is 0 Å². The van der Waals surface area contributed by atoms with Crippen LogP contribution in [0.4, 0.5) is 10.2 Å². The van der Waals surface area contributed by atoms with E-state index in [-0.39, 0.29) is 11.9 Å². The summed E-state index contributed by atoms with van der Waals surface area (Å²) in [6.07, 6.45) is 2.37. The molecule has 2 aromatic carbocycles. The summed E-state index contributed by atoms with van der Waals surface area (Å²) in [4.78, 5) is 29.3. The third-order valence-corrected chi connectivity index (χ3v) is 7.00. The molecule has 174 valence electrons. The van der Waals surface area contributed by atoms with Gasteiger partial charge in [0.25, 0.3) is 11.8 Å². The molecule has 1 fully saturated rings. The molecule has 2 amide bonds. The van der Waals surface area contributed by atoms with Crippen molar-refractivity contribution < 1.29 is 14.0 Å². The molecule has 0 aliphatic carbocycles. The highest BCUT2D eigenvalue weighted by atomic mass is 32.1. The Bertz CT molecular complexity index is 1300. The van der Waals surface area contributed by atoms with Crippen LogP contribution < -0.4 is 10.6 Å². The number of hydrogen-bond donors (Lipinski definition) is 3. The van der Waals surface area contributed by atoms with Gasteiger partial charge < -0.3 is 15.5 Å². The van der Waals surface area contributed by atoms with Crippen molar-refractivity contribution in [1.82, 2.24) is 20.4 Å². The standard InChI is InChI=1S/C25H24FN5O2S/c26-18-10-8-17(9-11-18)23(32)28-22-19-14-21(34-25(19)30-29-22)24(33)27-20(15-31-12-4-5-13-31)16-6-2-1-3-7-16/h1-3,6-11,14,20H,4-5,12-13,15H2,(H,27,33)(H2,28,29,30,32)/t20-/m1/s1. The predicted octanol–water partition coefficient (Wildman–Crippen LogP) is 4.58. The zero-order chi connectivity index (χ0) is 23.5. The highest BCUT2D eigenvalue weighted by Crippen LogP contribution is 2.30. The van der Waals surface area contributed by atoms with Crippen molar-refractivity contribution in [3.8, 4) is 0 Å². The number of benzene rings is 2. The molecule has 0 unspecified atom stereocenters. The first-order valence-corrected chi connectivity index (χ1v) is 12.0. The number of hydrogen-bond acceptors (Lipinski definition) is 5. The van der Waals surface area contributed by atoms with E-state index in [1.54, 1.807) is 6.07 Å². The van der Waals surface area contributed by atoms with Gasteiger partial charge in [-0.15, -0.1) is 11.3 Å². The topological polar surface area (TPSA) is 90.1 Å². The zero-order valence-electron chi connectivity index (χ0n) is 18.4. The van der Waals surface area contributed by atoms with E-state index in [1.807, 2.05) is 30.3 Å². The third-order valence-electron chi connectivity index (χ3n) is 5.97. The summed E-state index contributed by atoms with van der Waals surface area (Å²) in [5.41, 5.74) is 1.39. The lowest BCUT2D eigenvalue weighted by Crippen LogP contribution is -2.36. The van der Waals surface area contributed by atoms with Gasteiger partial charge >= 0.3 is 0 Å². The summed E-state index contributed by atoms with van der Waals surface area (Å²) in [7, 11) is 0. The molecule has 1 aliphatic heterocycles. The van der Waals surface area contributed by atoms with Crippen molar-refractivity contribution in [3.05, 3.63) is 82.5 Å². The van der Waals surface area contributed by atoms with Crippen LogP contribution in [0.2, 0.25) is 0 Å². The van der Waals surface area contributed by atoms with Crippen LogP contribution >= 0.6 is 11.3 Å². The Labute approximate surface area is 200 Å². The lowest BCUT2D eigenvalue weighted by molar-refractivity contribution is 0.0930. The maximum atomic E-state index is 13.2. The van der Waals surface area contributed by atoms with Crippen molar-refractivity contribution >= 4 is 39.2 Å². The number of anilines is 1. The number of aromatic nitrogens is 2. The lowest BCUT2D eigenvalue weighted by Gasteiger charge is -2.24.